The fraction of sp³-hybridized carbons (Fsp3) is 0.208. The molecule has 2 aromatic heterocycles. The lowest BCUT2D eigenvalue weighted by molar-refractivity contribution is 0.102. The van der Waals surface area contributed by atoms with Crippen LogP contribution in [0, 0.1) is 6.92 Å². The van der Waals surface area contributed by atoms with Crippen molar-refractivity contribution in [2.24, 2.45) is 0 Å². The van der Waals surface area contributed by atoms with E-state index in [0.29, 0.717) is 38.1 Å². The van der Waals surface area contributed by atoms with E-state index in [1.807, 2.05) is 5.38 Å². The lowest BCUT2D eigenvalue weighted by Crippen LogP contribution is -2.13. The molecule has 0 bridgehead atoms. The van der Waals surface area contributed by atoms with Gasteiger partial charge in [0.25, 0.3) is 5.91 Å². The number of amides is 1. The average molecular weight is 486 g/mol. The van der Waals surface area contributed by atoms with Gasteiger partial charge in [0.2, 0.25) is 0 Å². The smallest absolute Gasteiger partial charge is 0.263 e. The maximum absolute atomic E-state index is 13.1. The molecule has 0 fully saturated rings. The van der Waals surface area contributed by atoms with Crippen molar-refractivity contribution in [3.63, 3.8) is 0 Å². The standard InChI is InChI=1S/C24H21Cl2N3O2S/c1-4-13(2)15-8-10-16(11-9-15)19-12-32-24(27-19)28-23(30)20-14(3)31-29-22(20)21-17(25)6-5-7-18(21)26/h5-13H,4H2,1-3H3,(H,27,28,30). The van der Waals surface area contributed by atoms with Crippen molar-refractivity contribution in [2.75, 3.05) is 5.32 Å². The van der Waals surface area contributed by atoms with Crippen molar-refractivity contribution in [2.45, 2.75) is 33.1 Å². The third kappa shape index (κ3) is 4.44. The van der Waals surface area contributed by atoms with Gasteiger partial charge in [-0.2, -0.15) is 0 Å². The minimum absolute atomic E-state index is 0.273. The van der Waals surface area contributed by atoms with Gasteiger partial charge in [0.1, 0.15) is 17.0 Å². The summed E-state index contributed by atoms with van der Waals surface area (Å²) in [5.74, 6) is 0.496. The lowest BCUT2D eigenvalue weighted by atomic mass is 9.97. The predicted octanol–water partition coefficient (Wildman–Crippen LogP) is 7.85. The third-order valence-corrected chi connectivity index (χ3v) is 6.79. The van der Waals surface area contributed by atoms with Gasteiger partial charge in [-0.1, -0.05) is 72.5 Å². The van der Waals surface area contributed by atoms with E-state index < -0.39 is 0 Å². The zero-order valence-corrected chi connectivity index (χ0v) is 20.1. The Morgan fingerprint density at radius 3 is 2.50 bits per heavy atom. The molecule has 0 aliphatic carbocycles. The number of carbonyl (C=O) groups is 1. The molecule has 2 heterocycles. The van der Waals surface area contributed by atoms with Crippen LogP contribution in [-0.4, -0.2) is 16.0 Å². The second-order valence-electron chi connectivity index (χ2n) is 7.48. The third-order valence-electron chi connectivity index (χ3n) is 5.40. The number of aryl methyl sites for hydroxylation is 1. The Bertz CT molecular complexity index is 1240. The molecule has 1 N–H and O–H groups in total. The van der Waals surface area contributed by atoms with Crippen LogP contribution in [0.3, 0.4) is 0 Å². The number of rotatable bonds is 6. The van der Waals surface area contributed by atoms with Gasteiger partial charge in [0.15, 0.2) is 5.13 Å². The summed E-state index contributed by atoms with van der Waals surface area (Å²) in [6, 6.07) is 13.5. The highest BCUT2D eigenvalue weighted by atomic mass is 35.5. The fourth-order valence-electron chi connectivity index (χ4n) is 3.38. The van der Waals surface area contributed by atoms with Crippen LogP contribution in [-0.2, 0) is 0 Å². The molecule has 0 spiro atoms. The molecule has 32 heavy (non-hydrogen) atoms. The molecule has 0 radical (unpaired) electrons. The predicted molar refractivity (Wildman–Crippen MR) is 131 cm³/mol. The van der Waals surface area contributed by atoms with E-state index in [1.54, 1.807) is 25.1 Å². The van der Waals surface area contributed by atoms with Gasteiger partial charge < -0.3 is 4.52 Å². The zero-order chi connectivity index (χ0) is 22.8. The van der Waals surface area contributed by atoms with Crippen molar-refractivity contribution >= 4 is 45.6 Å². The van der Waals surface area contributed by atoms with E-state index >= 15 is 0 Å². The molecule has 1 amide bonds. The summed E-state index contributed by atoms with van der Waals surface area (Å²) in [6.07, 6.45) is 1.09. The maximum atomic E-state index is 13.1. The monoisotopic (exact) mass is 485 g/mol. The Balaban J connectivity index is 1.58. The van der Waals surface area contributed by atoms with Crippen LogP contribution in [0.1, 0.15) is 47.9 Å². The first-order valence-electron chi connectivity index (χ1n) is 10.2. The number of aromatic nitrogens is 2. The van der Waals surface area contributed by atoms with Crippen molar-refractivity contribution in [1.29, 1.82) is 0 Å². The van der Waals surface area contributed by atoms with Gasteiger partial charge in [-0.15, -0.1) is 11.3 Å². The summed E-state index contributed by atoms with van der Waals surface area (Å²) in [5.41, 5.74) is 4.13. The summed E-state index contributed by atoms with van der Waals surface area (Å²) in [6.45, 7) is 6.06. The minimum atomic E-state index is -0.386. The van der Waals surface area contributed by atoms with E-state index in [9.17, 15) is 4.79 Å². The Kier molecular flexibility index (Phi) is 6.65. The molecule has 4 aromatic rings. The SMILES string of the molecule is CCC(C)c1ccc(-c2csc(NC(=O)c3c(-c4c(Cl)cccc4Cl)noc3C)n2)cc1. The van der Waals surface area contributed by atoms with E-state index in [4.69, 9.17) is 27.7 Å². The van der Waals surface area contributed by atoms with Crippen LogP contribution in [0.25, 0.3) is 22.5 Å². The van der Waals surface area contributed by atoms with Gasteiger partial charge in [-0.3, -0.25) is 10.1 Å². The molecule has 0 saturated heterocycles. The summed E-state index contributed by atoms with van der Waals surface area (Å²) in [5, 5.41) is 10.0. The van der Waals surface area contributed by atoms with Crippen molar-refractivity contribution < 1.29 is 9.32 Å². The van der Waals surface area contributed by atoms with E-state index in [0.717, 1.165) is 17.7 Å². The van der Waals surface area contributed by atoms with Crippen LogP contribution >= 0.6 is 34.5 Å². The average Bonchev–Trinajstić information content (AvgIpc) is 3.40. The molecule has 164 valence electrons. The topological polar surface area (TPSA) is 68.0 Å². The first kappa shape index (κ1) is 22.5. The van der Waals surface area contributed by atoms with E-state index in [1.165, 1.54) is 16.9 Å². The Labute approximate surface area is 200 Å². The summed E-state index contributed by atoms with van der Waals surface area (Å²) < 4.78 is 5.29. The van der Waals surface area contributed by atoms with Gasteiger partial charge in [-0.25, -0.2) is 4.98 Å². The first-order valence-corrected chi connectivity index (χ1v) is 11.8. The highest BCUT2D eigenvalue weighted by Gasteiger charge is 2.25. The fourth-order valence-corrected chi connectivity index (χ4v) is 4.67. The highest BCUT2D eigenvalue weighted by molar-refractivity contribution is 7.14. The van der Waals surface area contributed by atoms with Gasteiger partial charge in [0.05, 0.1) is 15.7 Å². The molecular weight excluding hydrogens is 465 g/mol. The molecule has 4 rings (SSSR count). The number of halogens is 2. The largest absolute Gasteiger partial charge is 0.360 e. The Hall–Kier alpha value is -2.67. The molecule has 0 aliphatic rings. The van der Waals surface area contributed by atoms with Gasteiger partial charge in [-0.05, 0) is 37.0 Å². The number of anilines is 1. The lowest BCUT2D eigenvalue weighted by Gasteiger charge is -2.09. The van der Waals surface area contributed by atoms with Gasteiger partial charge in [0, 0.05) is 16.5 Å². The molecule has 0 aliphatic heterocycles. The van der Waals surface area contributed by atoms with E-state index in [2.05, 4.69) is 53.6 Å². The minimum Gasteiger partial charge on any atom is -0.360 e. The number of carbonyl (C=O) groups excluding carboxylic acids is 1. The Morgan fingerprint density at radius 2 is 1.84 bits per heavy atom. The van der Waals surface area contributed by atoms with Crippen LogP contribution < -0.4 is 5.32 Å². The number of nitrogens with zero attached hydrogens (tertiary/aromatic N) is 2. The van der Waals surface area contributed by atoms with Gasteiger partial charge >= 0.3 is 0 Å². The van der Waals surface area contributed by atoms with Crippen molar-refractivity contribution in [3.05, 3.63) is 74.8 Å². The Morgan fingerprint density at radius 1 is 1.16 bits per heavy atom. The maximum Gasteiger partial charge on any atom is 0.263 e. The molecule has 1 unspecified atom stereocenters. The molecule has 2 aromatic carbocycles. The van der Waals surface area contributed by atoms with Crippen molar-refractivity contribution in [3.8, 4) is 22.5 Å². The van der Waals surface area contributed by atoms with Crippen LogP contribution in [0.4, 0.5) is 5.13 Å². The summed E-state index contributed by atoms with van der Waals surface area (Å²) in [7, 11) is 0. The van der Waals surface area contributed by atoms with Crippen LogP contribution in [0.15, 0.2) is 52.4 Å². The normalized spacial score (nSPS) is 12.0. The molecule has 8 heteroatoms. The molecule has 0 saturated carbocycles. The van der Waals surface area contributed by atoms with Crippen LogP contribution in [0.2, 0.25) is 10.0 Å². The summed E-state index contributed by atoms with van der Waals surface area (Å²) in [4.78, 5) is 17.7. The number of hydrogen-bond acceptors (Lipinski definition) is 5. The molecule has 5 nitrogen and oxygen atoms in total. The number of benzene rings is 2. The van der Waals surface area contributed by atoms with Crippen LogP contribution in [0.5, 0.6) is 0 Å². The quantitative estimate of drug-likeness (QED) is 0.301. The first-order chi connectivity index (χ1) is 15.4. The second kappa shape index (κ2) is 9.45. The molecule has 1 atom stereocenters. The molecular formula is C24H21Cl2N3O2S. The second-order valence-corrected chi connectivity index (χ2v) is 9.15. The number of thiazole rings is 1. The zero-order valence-electron chi connectivity index (χ0n) is 17.8. The number of hydrogen-bond donors (Lipinski definition) is 1. The highest BCUT2D eigenvalue weighted by Crippen LogP contribution is 2.37. The van der Waals surface area contributed by atoms with E-state index in [-0.39, 0.29) is 11.5 Å². The summed E-state index contributed by atoms with van der Waals surface area (Å²) >= 11 is 14.0. The number of nitrogens with one attached hydrogen (secondary N) is 1. The van der Waals surface area contributed by atoms with Crippen molar-refractivity contribution in [1.82, 2.24) is 10.1 Å².